The molecule has 0 aromatic heterocycles. The number of carbonyl (C=O) groups is 2. The molecule has 9 N–H and O–H groups in total. The highest BCUT2D eigenvalue weighted by atomic mass is 16.7. The minimum Gasteiger partial charge on any atom is -0.454 e. The van der Waals surface area contributed by atoms with Gasteiger partial charge in [0, 0.05) is 24.7 Å². The number of hydrogen-bond donors (Lipinski definition) is 9. The number of ether oxygens (including phenoxy) is 7. The maximum absolute atomic E-state index is 14.2. The Balaban J connectivity index is 1.15. The van der Waals surface area contributed by atoms with E-state index in [4.69, 9.17) is 33.2 Å². The number of aliphatic hydroxyl groups excluding tert-OH is 8. The fourth-order valence-electron chi connectivity index (χ4n) is 12.5. The van der Waals surface area contributed by atoms with Gasteiger partial charge in [0.05, 0.1) is 32.0 Å². The van der Waals surface area contributed by atoms with Crippen LogP contribution in [0.1, 0.15) is 99.3 Å². The van der Waals surface area contributed by atoms with Crippen molar-refractivity contribution in [1.82, 2.24) is 0 Å². The molecule has 18 nitrogen and oxygen atoms in total. The lowest BCUT2D eigenvalue weighted by molar-refractivity contribution is -0.345. The van der Waals surface area contributed by atoms with Crippen molar-refractivity contribution in [2.45, 2.75) is 197 Å². The molecule has 18 heteroatoms. The molecular formula is C45H72O18. The van der Waals surface area contributed by atoms with Gasteiger partial charge in [0.2, 0.25) is 0 Å². The zero-order chi connectivity index (χ0) is 45.9. The Labute approximate surface area is 368 Å². The van der Waals surface area contributed by atoms with Gasteiger partial charge in [-0.2, -0.15) is 0 Å². The van der Waals surface area contributed by atoms with Crippen LogP contribution in [0.4, 0.5) is 0 Å². The minimum absolute atomic E-state index is 0.0830. The Morgan fingerprint density at radius 3 is 2.17 bits per heavy atom. The number of carbonyl (C=O) groups excluding carboxylic acids is 2. The van der Waals surface area contributed by atoms with E-state index in [1.54, 1.807) is 6.92 Å². The fraction of sp³-hybridized carbons (Fsp3) is 0.911. The van der Waals surface area contributed by atoms with Gasteiger partial charge in [-0.3, -0.25) is 9.59 Å². The molecule has 4 aliphatic carbocycles. The molecule has 7 rings (SSSR count). The van der Waals surface area contributed by atoms with Crippen LogP contribution < -0.4 is 0 Å². The predicted molar refractivity (Wildman–Crippen MR) is 218 cm³/mol. The van der Waals surface area contributed by atoms with Crippen molar-refractivity contribution < 1.29 is 88.7 Å². The quantitative estimate of drug-likeness (QED) is 0.0867. The molecule has 0 bridgehead atoms. The molecule has 0 aromatic rings. The van der Waals surface area contributed by atoms with Crippen LogP contribution in [0.3, 0.4) is 0 Å². The molecule has 0 aromatic carbocycles. The number of allylic oxidation sites excluding steroid dienone is 1. The second-order valence-electron chi connectivity index (χ2n) is 20.4. The zero-order valence-electron chi connectivity index (χ0n) is 37.3. The zero-order valence-corrected chi connectivity index (χ0v) is 37.3. The maximum atomic E-state index is 14.2. The van der Waals surface area contributed by atoms with E-state index >= 15 is 0 Å². The van der Waals surface area contributed by atoms with Crippen molar-refractivity contribution in [1.29, 1.82) is 0 Å². The number of hydrogen-bond acceptors (Lipinski definition) is 18. The Kier molecular flexibility index (Phi) is 14.9. The summed E-state index contributed by atoms with van der Waals surface area (Å²) in [4.78, 5) is 26.8. The summed E-state index contributed by atoms with van der Waals surface area (Å²) in [6, 6.07) is 0. The molecule has 3 aliphatic heterocycles. The molecule has 3 saturated carbocycles. The highest BCUT2D eigenvalue weighted by molar-refractivity contribution is 5.82. The number of esters is 1. The standard InChI is InChI=1S/C45H72O18/c1-20(2)7-10-28(48)21(3)45(56)32(62-42-39(59-22(4)47)38(30(50)19-58-42)63-40-36(54)33(51)29(49)18-57-40)16-27-25-9-8-23-15-24(11-13-43(23,5)26(25)12-14-44(27,45)6)60-41-37(55)35(53)34(52)31(17-46)61-41/h8,20-21,24-27,29-42,46,49-56H,7,9-19H2,1-6H3/t21-,24+,25-,26-,27+,29-,30-,31-,32-,33+,34-,35+,36-,37-,38+,39-,40+,41-,42+,43-,44+,45+/m0/s1. The van der Waals surface area contributed by atoms with E-state index in [0.717, 1.165) is 12.8 Å². The Hall–Kier alpha value is -1.72. The molecule has 0 radical (unpaired) electrons. The Morgan fingerprint density at radius 1 is 0.810 bits per heavy atom. The minimum atomic E-state index is -1.71. The van der Waals surface area contributed by atoms with Crippen molar-refractivity contribution in [3.63, 3.8) is 0 Å². The SMILES string of the molecule is CC(=O)O[C@@H]1[C@@H](O[C@H]2C[C@@H]3[C@H]4CC=C5C[C@H](O[C@H]6O[C@@H](CO)[C@H](O)[C@@H](O)[C@@H]6O)CC[C@]5(C)[C@H]4CC[C@@]3(C)[C@@]2(O)[C@@H](C)C(=O)CCC(C)C)OC[C@H](O)[C@H]1O[C@H]1OC[C@H](O)[C@@H](O)[C@@H]1O. The summed E-state index contributed by atoms with van der Waals surface area (Å²) in [6.45, 7) is 10.1. The van der Waals surface area contributed by atoms with E-state index in [1.807, 2.05) is 13.8 Å². The van der Waals surface area contributed by atoms with Gasteiger partial charge in [-0.1, -0.05) is 46.3 Å². The topological polar surface area (TPSA) is 281 Å². The summed E-state index contributed by atoms with van der Waals surface area (Å²) in [5.41, 5.74) is -1.55. The van der Waals surface area contributed by atoms with Gasteiger partial charge in [-0.25, -0.2) is 0 Å². The molecule has 0 spiro atoms. The van der Waals surface area contributed by atoms with Crippen LogP contribution >= 0.6 is 0 Å². The first-order valence-electron chi connectivity index (χ1n) is 23.0. The van der Waals surface area contributed by atoms with Crippen LogP contribution in [-0.4, -0.2) is 175 Å². The highest BCUT2D eigenvalue weighted by Gasteiger charge is 2.71. The summed E-state index contributed by atoms with van der Waals surface area (Å²) in [7, 11) is 0. The van der Waals surface area contributed by atoms with E-state index in [2.05, 4.69) is 19.9 Å². The first-order chi connectivity index (χ1) is 29.7. The summed E-state index contributed by atoms with van der Waals surface area (Å²) >= 11 is 0. The molecule has 63 heavy (non-hydrogen) atoms. The van der Waals surface area contributed by atoms with E-state index < -0.39 is 116 Å². The van der Waals surface area contributed by atoms with E-state index in [0.29, 0.717) is 38.5 Å². The molecule has 0 unspecified atom stereocenters. The summed E-state index contributed by atoms with van der Waals surface area (Å²) in [5.74, 6) is -1.31. The average Bonchev–Trinajstić information content (AvgIpc) is 3.47. The molecular weight excluding hydrogens is 828 g/mol. The normalized spacial score (nSPS) is 49.3. The van der Waals surface area contributed by atoms with Crippen LogP contribution in [0.25, 0.3) is 0 Å². The third-order valence-electron chi connectivity index (χ3n) is 16.4. The van der Waals surface area contributed by atoms with Gasteiger partial charge >= 0.3 is 5.97 Å². The molecule has 0 amide bonds. The van der Waals surface area contributed by atoms with Gasteiger partial charge in [-0.05, 0) is 80.5 Å². The average molecular weight is 901 g/mol. The Morgan fingerprint density at radius 2 is 1.49 bits per heavy atom. The summed E-state index contributed by atoms with van der Waals surface area (Å²) in [6.07, 6.45) is -12.6. The van der Waals surface area contributed by atoms with Crippen LogP contribution in [-0.2, 0) is 42.7 Å². The van der Waals surface area contributed by atoms with Crippen LogP contribution in [0, 0.1) is 40.4 Å². The van der Waals surface area contributed by atoms with Gasteiger partial charge in [0.25, 0.3) is 0 Å². The molecule has 6 fully saturated rings. The smallest absolute Gasteiger partial charge is 0.303 e. The molecule has 3 saturated heterocycles. The largest absolute Gasteiger partial charge is 0.454 e. The first-order valence-corrected chi connectivity index (χ1v) is 23.0. The third-order valence-corrected chi connectivity index (χ3v) is 16.4. The van der Waals surface area contributed by atoms with Crippen LogP contribution in [0.2, 0.25) is 0 Å². The van der Waals surface area contributed by atoms with Crippen molar-refractivity contribution in [2.75, 3.05) is 19.8 Å². The second kappa shape index (κ2) is 19.1. The molecule has 22 atom stereocenters. The highest BCUT2D eigenvalue weighted by Crippen LogP contribution is 2.69. The maximum Gasteiger partial charge on any atom is 0.303 e. The fourth-order valence-corrected chi connectivity index (χ4v) is 12.5. The second-order valence-corrected chi connectivity index (χ2v) is 20.4. The number of Topliss-reactive ketones (excluding diaryl/α,β-unsaturated/α-hetero) is 1. The summed E-state index contributed by atoms with van der Waals surface area (Å²) < 4.78 is 41.9. The lowest BCUT2D eigenvalue weighted by Crippen LogP contribution is -2.64. The monoisotopic (exact) mass is 900 g/mol. The van der Waals surface area contributed by atoms with Crippen molar-refractivity contribution in [3.8, 4) is 0 Å². The van der Waals surface area contributed by atoms with Crippen LogP contribution in [0.5, 0.6) is 0 Å². The van der Waals surface area contributed by atoms with Gasteiger partial charge in [0.15, 0.2) is 25.0 Å². The Bertz CT molecular complexity index is 1640. The lowest BCUT2D eigenvalue weighted by Gasteiger charge is -2.59. The van der Waals surface area contributed by atoms with E-state index in [9.17, 15) is 55.5 Å². The first kappa shape index (κ1) is 49.2. The third kappa shape index (κ3) is 8.95. The van der Waals surface area contributed by atoms with Gasteiger partial charge in [0.1, 0.15) is 66.3 Å². The molecule has 7 aliphatic rings. The van der Waals surface area contributed by atoms with Crippen molar-refractivity contribution >= 4 is 11.8 Å². The predicted octanol–water partition coefficient (Wildman–Crippen LogP) is -0.0250. The van der Waals surface area contributed by atoms with Crippen molar-refractivity contribution in [2.24, 2.45) is 40.4 Å². The van der Waals surface area contributed by atoms with Gasteiger partial charge in [-0.15, -0.1) is 0 Å². The van der Waals surface area contributed by atoms with Gasteiger partial charge < -0.3 is 79.1 Å². The van der Waals surface area contributed by atoms with E-state index in [-0.39, 0.29) is 60.6 Å². The number of fused-ring (bicyclic) bond motifs is 5. The number of ketones is 1. The van der Waals surface area contributed by atoms with Crippen LogP contribution in [0.15, 0.2) is 11.6 Å². The summed E-state index contributed by atoms with van der Waals surface area (Å²) in [5, 5.41) is 96.6. The lowest BCUT2D eigenvalue weighted by atomic mass is 9.46. The number of aliphatic hydroxyl groups is 9. The molecule has 360 valence electrons. The molecule has 3 heterocycles. The number of rotatable bonds is 13. The van der Waals surface area contributed by atoms with Crippen molar-refractivity contribution in [3.05, 3.63) is 11.6 Å². The van der Waals surface area contributed by atoms with E-state index in [1.165, 1.54) is 12.5 Å².